The topological polar surface area (TPSA) is 114 Å². The summed E-state index contributed by atoms with van der Waals surface area (Å²) >= 11 is 0. The summed E-state index contributed by atoms with van der Waals surface area (Å²) in [5.41, 5.74) is 0.693. The van der Waals surface area contributed by atoms with E-state index in [2.05, 4.69) is 10.6 Å². The van der Waals surface area contributed by atoms with E-state index in [9.17, 15) is 23.6 Å². The fraction of sp³-hybridized carbons (Fsp3) is 0.0769. The average molecular weight is 489 g/mol. The van der Waals surface area contributed by atoms with E-state index in [1.54, 1.807) is 36.4 Å². The number of rotatable bonds is 7. The van der Waals surface area contributed by atoms with Crippen LogP contribution in [-0.4, -0.2) is 37.5 Å². The van der Waals surface area contributed by atoms with Crippen LogP contribution >= 0.6 is 0 Å². The number of benzene rings is 3. The number of carbonyl (C=O) groups excluding carboxylic acids is 4. The Kier molecular flexibility index (Phi) is 7.05. The summed E-state index contributed by atoms with van der Waals surface area (Å²) in [6.07, 6.45) is 1.29. The normalized spacial score (nSPS) is 14.4. The molecule has 4 rings (SSSR count). The summed E-state index contributed by atoms with van der Waals surface area (Å²) in [5.74, 6) is -1.85. The second-order valence-electron chi connectivity index (χ2n) is 7.54. The molecular weight excluding hydrogens is 469 g/mol. The number of nitrogens with one attached hydrogen (secondary N) is 2. The van der Waals surface area contributed by atoms with Crippen LogP contribution in [0.2, 0.25) is 0 Å². The Morgan fingerprint density at radius 3 is 2.39 bits per heavy atom. The van der Waals surface area contributed by atoms with Gasteiger partial charge in [-0.2, -0.15) is 0 Å². The van der Waals surface area contributed by atoms with Crippen molar-refractivity contribution in [1.82, 2.24) is 5.32 Å². The highest BCUT2D eigenvalue weighted by Crippen LogP contribution is 2.26. The molecule has 36 heavy (non-hydrogen) atoms. The maximum atomic E-state index is 13.1. The lowest BCUT2D eigenvalue weighted by molar-refractivity contribution is -0.122. The van der Waals surface area contributed by atoms with Crippen molar-refractivity contribution in [2.24, 2.45) is 0 Å². The van der Waals surface area contributed by atoms with Crippen molar-refractivity contribution < 1.29 is 33.0 Å². The fourth-order valence-corrected chi connectivity index (χ4v) is 3.38. The first-order chi connectivity index (χ1) is 17.4. The van der Waals surface area contributed by atoms with E-state index < -0.39 is 29.6 Å². The number of hydrogen-bond acceptors (Lipinski definition) is 6. The van der Waals surface area contributed by atoms with E-state index in [-0.39, 0.29) is 23.6 Å². The van der Waals surface area contributed by atoms with Crippen molar-refractivity contribution >= 4 is 41.2 Å². The maximum absolute atomic E-state index is 13.1. The molecule has 10 heteroatoms. The van der Waals surface area contributed by atoms with Crippen LogP contribution in [0.25, 0.3) is 6.08 Å². The second kappa shape index (κ2) is 10.5. The second-order valence-corrected chi connectivity index (χ2v) is 7.54. The fourth-order valence-electron chi connectivity index (χ4n) is 3.38. The molecule has 0 bridgehead atoms. The quantitative estimate of drug-likeness (QED) is 0.388. The Balaban J connectivity index is 1.53. The molecule has 1 aliphatic rings. The lowest BCUT2D eigenvalue weighted by Gasteiger charge is -2.26. The zero-order valence-corrected chi connectivity index (χ0v) is 19.0. The monoisotopic (exact) mass is 489 g/mol. The van der Waals surface area contributed by atoms with E-state index in [4.69, 9.17) is 9.47 Å². The third-order valence-electron chi connectivity index (χ3n) is 5.14. The van der Waals surface area contributed by atoms with Gasteiger partial charge in [0.2, 0.25) is 0 Å². The third kappa shape index (κ3) is 5.39. The SMILES string of the molecule is COc1ccc(N2C(=O)NC(=O)/C(=C\c3ccccc3OCC(=O)Nc3ccc(F)cc3)C2=O)cc1. The van der Waals surface area contributed by atoms with E-state index in [1.807, 2.05) is 0 Å². The molecule has 1 saturated heterocycles. The zero-order valence-electron chi connectivity index (χ0n) is 19.0. The van der Waals surface area contributed by atoms with Crippen LogP contribution in [0.15, 0.2) is 78.4 Å². The van der Waals surface area contributed by atoms with Crippen LogP contribution in [0.1, 0.15) is 5.56 Å². The molecule has 0 unspecified atom stereocenters. The van der Waals surface area contributed by atoms with Gasteiger partial charge in [-0.05, 0) is 60.7 Å². The molecule has 1 aliphatic heterocycles. The molecular formula is C26H20FN3O6. The third-order valence-corrected chi connectivity index (χ3v) is 5.14. The Hall–Kier alpha value is -4.99. The number of hydrogen-bond donors (Lipinski definition) is 2. The predicted octanol–water partition coefficient (Wildman–Crippen LogP) is 3.52. The molecule has 0 aliphatic carbocycles. The van der Waals surface area contributed by atoms with Gasteiger partial charge in [0.25, 0.3) is 17.7 Å². The van der Waals surface area contributed by atoms with E-state index in [0.717, 1.165) is 4.90 Å². The summed E-state index contributed by atoms with van der Waals surface area (Å²) < 4.78 is 23.7. The van der Waals surface area contributed by atoms with Gasteiger partial charge >= 0.3 is 6.03 Å². The number of halogens is 1. The molecule has 182 valence electrons. The van der Waals surface area contributed by atoms with Gasteiger partial charge in [-0.25, -0.2) is 14.1 Å². The summed E-state index contributed by atoms with van der Waals surface area (Å²) in [6, 6.07) is 17.0. The Morgan fingerprint density at radius 2 is 1.69 bits per heavy atom. The number of para-hydroxylation sites is 1. The van der Waals surface area contributed by atoms with Gasteiger partial charge in [0.15, 0.2) is 6.61 Å². The number of anilines is 2. The van der Waals surface area contributed by atoms with Crippen LogP contribution in [0, 0.1) is 5.82 Å². The highest BCUT2D eigenvalue weighted by molar-refractivity contribution is 6.39. The van der Waals surface area contributed by atoms with Crippen LogP contribution < -0.4 is 25.0 Å². The van der Waals surface area contributed by atoms with Crippen molar-refractivity contribution in [3.63, 3.8) is 0 Å². The summed E-state index contributed by atoms with van der Waals surface area (Å²) in [4.78, 5) is 51.1. The van der Waals surface area contributed by atoms with Crippen molar-refractivity contribution in [1.29, 1.82) is 0 Å². The Bertz CT molecular complexity index is 1350. The van der Waals surface area contributed by atoms with Crippen LogP contribution in [-0.2, 0) is 14.4 Å². The van der Waals surface area contributed by atoms with Crippen molar-refractivity contribution in [2.75, 3.05) is 23.9 Å². The number of amides is 5. The minimum atomic E-state index is -0.880. The van der Waals surface area contributed by atoms with Gasteiger partial charge in [0.05, 0.1) is 12.8 Å². The number of imide groups is 2. The molecule has 0 spiro atoms. The molecule has 0 saturated carbocycles. The van der Waals surface area contributed by atoms with Crippen LogP contribution in [0.5, 0.6) is 11.5 Å². The molecule has 1 heterocycles. The lowest BCUT2D eigenvalue weighted by Crippen LogP contribution is -2.54. The molecule has 9 nitrogen and oxygen atoms in total. The largest absolute Gasteiger partial charge is 0.497 e. The van der Waals surface area contributed by atoms with E-state index >= 15 is 0 Å². The molecule has 2 N–H and O–H groups in total. The van der Waals surface area contributed by atoms with Crippen LogP contribution in [0.4, 0.5) is 20.6 Å². The zero-order chi connectivity index (χ0) is 25.7. The lowest BCUT2D eigenvalue weighted by atomic mass is 10.1. The molecule has 0 radical (unpaired) electrons. The standard InChI is InChI=1S/C26H20FN3O6/c1-35-20-12-10-19(11-13-20)30-25(33)21(24(32)29-26(30)34)14-16-4-2-3-5-22(16)36-15-23(31)28-18-8-6-17(27)7-9-18/h2-14H,15H2,1H3,(H,28,31)(H,29,32,34)/b21-14+. The van der Waals surface area contributed by atoms with Gasteiger partial charge in [-0.15, -0.1) is 0 Å². The van der Waals surface area contributed by atoms with Crippen LogP contribution in [0.3, 0.4) is 0 Å². The summed E-state index contributed by atoms with van der Waals surface area (Å²) in [5, 5.41) is 4.73. The van der Waals surface area contributed by atoms with E-state index in [0.29, 0.717) is 17.0 Å². The number of urea groups is 1. The first kappa shape index (κ1) is 24.1. The average Bonchev–Trinajstić information content (AvgIpc) is 2.87. The van der Waals surface area contributed by atoms with Crippen molar-refractivity contribution in [2.45, 2.75) is 0 Å². The highest BCUT2D eigenvalue weighted by atomic mass is 19.1. The van der Waals surface area contributed by atoms with Gasteiger partial charge in [0, 0.05) is 11.3 Å². The van der Waals surface area contributed by atoms with Gasteiger partial charge in [-0.3, -0.25) is 19.7 Å². The number of nitrogens with zero attached hydrogens (tertiary/aromatic N) is 1. The molecule has 1 fully saturated rings. The first-order valence-electron chi connectivity index (χ1n) is 10.7. The molecule has 0 aromatic heterocycles. The number of barbiturate groups is 1. The Labute approximate surface area is 205 Å². The van der Waals surface area contributed by atoms with Gasteiger partial charge in [0.1, 0.15) is 22.9 Å². The molecule has 0 atom stereocenters. The van der Waals surface area contributed by atoms with Crippen molar-refractivity contribution in [3.05, 3.63) is 89.8 Å². The summed E-state index contributed by atoms with van der Waals surface area (Å²) in [7, 11) is 1.49. The summed E-state index contributed by atoms with van der Waals surface area (Å²) in [6.45, 7) is -0.381. The highest BCUT2D eigenvalue weighted by Gasteiger charge is 2.37. The number of carbonyl (C=O) groups is 4. The minimum Gasteiger partial charge on any atom is -0.497 e. The van der Waals surface area contributed by atoms with Gasteiger partial charge < -0.3 is 14.8 Å². The molecule has 3 aromatic carbocycles. The maximum Gasteiger partial charge on any atom is 0.335 e. The number of methoxy groups -OCH3 is 1. The Morgan fingerprint density at radius 1 is 1.00 bits per heavy atom. The smallest absolute Gasteiger partial charge is 0.335 e. The molecule has 3 aromatic rings. The van der Waals surface area contributed by atoms with E-state index in [1.165, 1.54) is 49.6 Å². The van der Waals surface area contributed by atoms with Crippen molar-refractivity contribution in [3.8, 4) is 11.5 Å². The molecule has 5 amide bonds. The predicted molar refractivity (Wildman–Crippen MR) is 129 cm³/mol. The first-order valence-corrected chi connectivity index (χ1v) is 10.7. The van der Waals surface area contributed by atoms with Gasteiger partial charge in [-0.1, -0.05) is 18.2 Å². The number of ether oxygens (including phenoxy) is 2. The minimum absolute atomic E-state index is 0.229.